The number of ether oxygens (including phenoxy) is 3. The molecule has 1 spiro atoms. The van der Waals surface area contributed by atoms with E-state index in [0.717, 1.165) is 19.4 Å². The Morgan fingerprint density at radius 2 is 2.05 bits per heavy atom. The molecule has 1 N–H and O–H groups in total. The fourth-order valence-electron chi connectivity index (χ4n) is 4.50. The van der Waals surface area contributed by atoms with Crippen molar-refractivity contribution in [1.82, 2.24) is 0 Å². The molecule has 3 aliphatic rings. The van der Waals surface area contributed by atoms with Gasteiger partial charge in [-0.25, -0.2) is 0 Å². The lowest BCUT2D eigenvalue weighted by molar-refractivity contribution is -0.137. The molecule has 21 heavy (non-hydrogen) atoms. The van der Waals surface area contributed by atoms with Gasteiger partial charge in [0.1, 0.15) is 11.2 Å². The van der Waals surface area contributed by atoms with E-state index in [2.05, 4.69) is 27.7 Å². The summed E-state index contributed by atoms with van der Waals surface area (Å²) in [5, 5.41) is 10.5. The minimum Gasteiger partial charge on any atom is -0.390 e. The molecular formula is C17H30O4. The van der Waals surface area contributed by atoms with Gasteiger partial charge in [0.15, 0.2) is 0 Å². The van der Waals surface area contributed by atoms with Crippen molar-refractivity contribution < 1.29 is 19.3 Å². The summed E-state index contributed by atoms with van der Waals surface area (Å²) in [6.07, 6.45) is 2.84. The summed E-state index contributed by atoms with van der Waals surface area (Å²) in [7, 11) is 1.70. The average Bonchev–Trinajstić information content (AvgIpc) is 3.31. The molecular weight excluding hydrogens is 268 g/mol. The predicted molar refractivity (Wildman–Crippen MR) is 80.1 cm³/mol. The van der Waals surface area contributed by atoms with Crippen LogP contribution in [-0.4, -0.2) is 48.3 Å². The average molecular weight is 298 g/mol. The maximum Gasteiger partial charge on any atom is 0.100 e. The zero-order chi connectivity index (χ0) is 15.4. The third-order valence-electron chi connectivity index (χ3n) is 5.87. The van der Waals surface area contributed by atoms with Crippen LogP contribution in [0.15, 0.2) is 0 Å². The molecule has 2 aliphatic heterocycles. The van der Waals surface area contributed by atoms with Crippen molar-refractivity contribution in [2.45, 2.75) is 76.5 Å². The number of aliphatic hydroxyl groups is 1. The van der Waals surface area contributed by atoms with E-state index < -0.39 is 6.10 Å². The van der Waals surface area contributed by atoms with Crippen LogP contribution in [0.4, 0.5) is 0 Å². The van der Waals surface area contributed by atoms with E-state index >= 15 is 0 Å². The number of hydrogen-bond acceptors (Lipinski definition) is 4. The topological polar surface area (TPSA) is 54.5 Å². The molecule has 2 heterocycles. The van der Waals surface area contributed by atoms with Gasteiger partial charge in [-0.05, 0) is 38.0 Å². The van der Waals surface area contributed by atoms with Crippen LogP contribution in [0, 0.1) is 17.8 Å². The SMILES string of the molecule is COC1C(O)C(C)CC2(CO2)C1C1(C)OC1CCC(C)C. The zero-order valence-electron chi connectivity index (χ0n) is 14.0. The highest BCUT2D eigenvalue weighted by Gasteiger charge is 2.72. The Labute approximate surface area is 128 Å². The molecule has 0 aromatic heterocycles. The van der Waals surface area contributed by atoms with E-state index in [1.165, 1.54) is 6.42 Å². The molecule has 0 bridgehead atoms. The molecule has 3 fully saturated rings. The third kappa shape index (κ3) is 2.54. The lowest BCUT2D eigenvalue weighted by Crippen LogP contribution is -2.57. The minimum absolute atomic E-state index is 0.124. The zero-order valence-corrected chi connectivity index (χ0v) is 14.0. The van der Waals surface area contributed by atoms with Gasteiger partial charge in [-0.2, -0.15) is 0 Å². The predicted octanol–water partition coefficient (Wildman–Crippen LogP) is 2.38. The molecule has 0 radical (unpaired) electrons. The minimum atomic E-state index is -0.429. The van der Waals surface area contributed by atoms with Crippen molar-refractivity contribution >= 4 is 0 Å². The van der Waals surface area contributed by atoms with Crippen LogP contribution >= 0.6 is 0 Å². The van der Waals surface area contributed by atoms with Crippen molar-refractivity contribution in [3.05, 3.63) is 0 Å². The number of hydrogen-bond donors (Lipinski definition) is 1. The highest BCUT2D eigenvalue weighted by molar-refractivity contribution is 5.20. The Morgan fingerprint density at radius 1 is 1.38 bits per heavy atom. The van der Waals surface area contributed by atoms with E-state index in [4.69, 9.17) is 14.2 Å². The van der Waals surface area contributed by atoms with Gasteiger partial charge in [-0.1, -0.05) is 20.8 Å². The summed E-state index contributed by atoms with van der Waals surface area (Å²) in [6.45, 7) is 9.54. The first-order chi connectivity index (χ1) is 9.84. The van der Waals surface area contributed by atoms with Gasteiger partial charge in [0.25, 0.3) is 0 Å². The summed E-state index contributed by atoms with van der Waals surface area (Å²) in [6, 6.07) is 0. The van der Waals surface area contributed by atoms with Crippen molar-refractivity contribution in [2.24, 2.45) is 17.8 Å². The highest BCUT2D eigenvalue weighted by atomic mass is 16.6. The highest BCUT2D eigenvalue weighted by Crippen LogP contribution is 2.60. The largest absolute Gasteiger partial charge is 0.390 e. The van der Waals surface area contributed by atoms with Gasteiger partial charge in [0.2, 0.25) is 0 Å². The summed E-state index contributed by atoms with van der Waals surface area (Å²) in [5.74, 6) is 1.04. The van der Waals surface area contributed by atoms with Gasteiger partial charge in [0, 0.05) is 7.11 Å². The van der Waals surface area contributed by atoms with Crippen molar-refractivity contribution in [3.8, 4) is 0 Å². The Hall–Kier alpha value is -0.160. The van der Waals surface area contributed by atoms with Crippen LogP contribution in [0.25, 0.3) is 0 Å². The molecule has 0 amide bonds. The van der Waals surface area contributed by atoms with Crippen LogP contribution in [0.5, 0.6) is 0 Å². The van der Waals surface area contributed by atoms with Crippen molar-refractivity contribution in [1.29, 1.82) is 0 Å². The molecule has 0 aromatic rings. The fraction of sp³-hybridized carbons (Fsp3) is 1.00. The third-order valence-corrected chi connectivity index (χ3v) is 5.87. The second kappa shape index (κ2) is 5.19. The number of rotatable bonds is 5. The van der Waals surface area contributed by atoms with Crippen LogP contribution < -0.4 is 0 Å². The van der Waals surface area contributed by atoms with E-state index in [0.29, 0.717) is 5.92 Å². The van der Waals surface area contributed by atoms with Crippen LogP contribution in [0.1, 0.15) is 47.0 Å². The summed E-state index contributed by atoms with van der Waals surface area (Å²) < 4.78 is 17.7. The van der Waals surface area contributed by atoms with Crippen LogP contribution in [0.3, 0.4) is 0 Å². The van der Waals surface area contributed by atoms with Gasteiger partial charge < -0.3 is 19.3 Å². The summed E-state index contributed by atoms with van der Waals surface area (Å²) in [5.41, 5.74) is -0.326. The molecule has 7 unspecified atom stereocenters. The van der Waals surface area contributed by atoms with Gasteiger partial charge in [-0.15, -0.1) is 0 Å². The molecule has 0 aromatic carbocycles. The molecule has 4 nitrogen and oxygen atoms in total. The first-order valence-electron chi connectivity index (χ1n) is 8.36. The maximum atomic E-state index is 10.5. The molecule has 1 saturated carbocycles. The van der Waals surface area contributed by atoms with E-state index in [-0.39, 0.29) is 35.2 Å². The molecule has 7 atom stereocenters. The van der Waals surface area contributed by atoms with Gasteiger partial charge in [-0.3, -0.25) is 0 Å². The summed E-state index contributed by atoms with van der Waals surface area (Å²) in [4.78, 5) is 0. The number of methoxy groups -OCH3 is 1. The Bertz CT molecular complexity index is 392. The lowest BCUT2D eigenvalue weighted by Gasteiger charge is -2.44. The molecule has 3 rings (SSSR count). The molecule has 1 aliphatic carbocycles. The number of epoxide rings is 2. The van der Waals surface area contributed by atoms with Crippen LogP contribution in [-0.2, 0) is 14.2 Å². The monoisotopic (exact) mass is 298 g/mol. The normalized spacial score (nSPS) is 52.4. The second-order valence-corrected chi connectivity index (χ2v) is 7.96. The summed E-state index contributed by atoms with van der Waals surface area (Å²) >= 11 is 0. The van der Waals surface area contributed by atoms with Gasteiger partial charge >= 0.3 is 0 Å². The lowest BCUT2D eigenvalue weighted by atomic mass is 9.65. The molecule has 4 heteroatoms. The smallest absolute Gasteiger partial charge is 0.100 e. The van der Waals surface area contributed by atoms with Crippen LogP contribution in [0.2, 0.25) is 0 Å². The van der Waals surface area contributed by atoms with E-state index in [9.17, 15) is 5.11 Å². The quantitative estimate of drug-likeness (QED) is 0.792. The van der Waals surface area contributed by atoms with Crippen molar-refractivity contribution in [3.63, 3.8) is 0 Å². The maximum absolute atomic E-state index is 10.5. The Morgan fingerprint density at radius 3 is 2.57 bits per heavy atom. The molecule has 122 valence electrons. The van der Waals surface area contributed by atoms with E-state index in [1.807, 2.05) is 0 Å². The Kier molecular flexibility index (Phi) is 3.89. The number of aliphatic hydroxyl groups excluding tert-OH is 1. The van der Waals surface area contributed by atoms with Gasteiger partial charge in [0.05, 0.1) is 30.8 Å². The first kappa shape index (κ1) is 15.7. The Balaban J connectivity index is 1.76. The second-order valence-electron chi connectivity index (χ2n) is 7.96. The first-order valence-corrected chi connectivity index (χ1v) is 8.36. The molecule has 2 saturated heterocycles. The fourth-order valence-corrected chi connectivity index (χ4v) is 4.50. The standard InChI is InChI=1S/C17H30O4/c1-10(2)6-7-12-16(4,21-12)15-14(19-5)13(18)11(3)8-17(15)9-20-17/h10-15,18H,6-9H2,1-5H3. The van der Waals surface area contributed by atoms with Crippen molar-refractivity contribution in [2.75, 3.05) is 13.7 Å². The van der Waals surface area contributed by atoms with E-state index in [1.54, 1.807) is 7.11 Å².